The Balaban J connectivity index is 1.38. The van der Waals surface area contributed by atoms with Crippen molar-refractivity contribution in [3.8, 4) is 11.1 Å². The molecule has 0 N–H and O–H groups in total. The van der Waals surface area contributed by atoms with Gasteiger partial charge in [0, 0.05) is 0 Å². The van der Waals surface area contributed by atoms with Gasteiger partial charge in [-0.2, -0.15) is 0 Å². The van der Waals surface area contributed by atoms with Crippen LogP contribution in [0.1, 0.15) is 0 Å². The molecule has 0 aliphatic carbocycles. The second-order valence-corrected chi connectivity index (χ2v) is 17.0. The zero-order valence-corrected chi connectivity index (χ0v) is 25.6. The average molecular weight is 618 g/mol. The fraction of sp³-hybridized carbons (Fsp3) is 0. The van der Waals surface area contributed by atoms with Gasteiger partial charge in [0.05, 0.1) is 0 Å². The normalized spacial score (nSPS) is 11.9. The molecule has 0 aromatic heterocycles. The number of hydrogen-bond donors (Lipinski definition) is 0. The second-order valence-electron chi connectivity index (χ2n) is 10.8. The predicted molar refractivity (Wildman–Crippen MR) is 186 cm³/mol. The minimum absolute atomic E-state index is 1.24. The van der Waals surface area contributed by atoms with Gasteiger partial charge in [-0.25, -0.2) is 0 Å². The van der Waals surface area contributed by atoms with E-state index in [1.807, 2.05) is 0 Å². The van der Waals surface area contributed by atoms with E-state index in [4.69, 9.17) is 0 Å². The Kier molecular flexibility index (Phi) is 6.20. The van der Waals surface area contributed by atoms with E-state index in [1.165, 1.54) is 70.1 Å². The van der Waals surface area contributed by atoms with Crippen molar-refractivity contribution in [2.75, 3.05) is 0 Å². The zero-order valence-electron chi connectivity index (χ0n) is 22.9. The fourth-order valence-corrected chi connectivity index (χ4v) is 11.5. The molecular formula is C40H27PSe. The molecule has 0 atom stereocenters. The first-order valence-corrected chi connectivity index (χ1v) is 18.3. The van der Waals surface area contributed by atoms with E-state index in [9.17, 15) is 0 Å². The molecule has 2 heteroatoms. The predicted octanol–water partition coefficient (Wildman–Crippen LogP) is 9.34. The average Bonchev–Trinajstić information content (AvgIpc) is 3.08. The summed E-state index contributed by atoms with van der Waals surface area (Å²) in [6.07, 6.45) is 0. The summed E-state index contributed by atoms with van der Waals surface area (Å²) in [5, 5.41) is 14.5. The Bertz CT molecular complexity index is 2260. The van der Waals surface area contributed by atoms with Crippen LogP contribution >= 0.6 is 5.51 Å². The zero-order chi connectivity index (χ0) is 28.1. The van der Waals surface area contributed by atoms with Crippen molar-refractivity contribution in [1.82, 2.24) is 0 Å². The van der Waals surface area contributed by atoms with Crippen molar-refractivity contribution in [1.29, 1.82) is 0 Å². The first-order chi connectivity index (χ1) is 20.7. The van der Waals surface area contributed by atoms with Gasteiger partial charge in [-0.1, -0.05) is 6.07 Å². The van der Waals surface area contributed by atoms with Crippen molar-refractivity contribution in [2.24, 2.45) is 0 Å². The summed E-state index contributed by atoms with van der Waals surface area (Å²) >= 11 is 3.70. The van der Waals surface area contributed by atoms with Crippen molar-refractivity contribution in [3.05, 3.63) is 164 Å². The van der Waals surface area contributed by atoms with E-state index in [0.29, 0.717) is 0 Å². The Hall–Kier alpha value is -4.25. The molecule has 0 aliphatic rings. The Labute approximate surface area is 253 Å². The number of benzene rings is 8. The molecular weight excluding hydrogens is 590 g/mol. The molecule has 0 nitrogen and oxygen atoms in total. The topological polar surface area (TPSA) is 0 Å². The van der Waals surface area contributed by atoms with Crippen LogP contribution in [0.5, 0.6) is 0 Å². The first-order valence-electron chi connectivity index (χ1n) is 14.3. The molecule has 0 fully saturated rings. The molecule has 0 saturated heterocycles. The van der Waals surface area contributed by atoms with Gasteiger partial charge in [0.15, 0.2) is 0 Å². The molecule has 42 heavy (non-hydrogen) atoms. The third-order valence-electron chi connectivity index (χ3n) is 8.53. The Morgan fingerprint density at radius 3 is 1.26 bits per heavy atom. The number of hydrogen-bond acceptors (Lipinski definition) is 0. The van der Waals surface area contributed by atoms with Crippen molar-refractivity contribution < 1.29 is 0 Å². The fourth-order valence-electron chi connectivity index (χ4n) is 6.58. The molecule has 0 bridgehead atoms. The first kappa shape index (κ1) is 25.5. The maximum atomic E-state index is 3.70. The summed E-state index contributed by atoms with van der Waals surface area (Å²) in [5.74, 6) is 0. The van der Waals surface area contributed by atoms with Crippen LogP contribution in [-0.4, -0.2) is 15.1 Å². The van der Waals surface area contributed by atoms with E-state index in [-0.39, 0.29) is 0 Å². The number of fused-ring (bicyclic) bond motifs is 8. The van der Waals surface area contributed by atoms with Gasteiger partial charge in [0.25, 0.3) is 0 Å². The standard InChI is InChI=1S/C40H27PSe/c42-41(29-13-3-1-4-14-29,30-15-5-2-6-16-30)31-25-23-28(24-26-31)38-27-39-34-19-8-7-17-32(34)33-18-9-11-21-36(33)40(39)37-22-12-10-20-35(37)38/h1-27H. The monoisotopic (exact) mass is 618 g/mol. The van der Waals surface area contributed by atoms with Crippen LogP contribution in [0.3, 0.4) is 0 Å². The summed E-state index contributed by atoms with van der Waals surface area (Å²) in [7, 11) is 0. The van der Waals surface area contributed by atoms with Crippen LogP contribution in [0.4, 0.5) is 0 Å². The van der Waals surface area contributed by atoms with Crippen LogP contribution in [0, 0.1) is 0 Å². The van der Waals surface area contributed by atoms with Crippen LogP contribution in [0.15, 0.2) is 164 Å². The molecule has 0 unspecified atom stereocenters. The Morgan fingerprint density at radius 2 is 0.714 bits per heavy atom. The second kappa shape index (κ2) is 10.2. The van der Waals surface area contributed by atoms with Gasteiger partial charge in [-0.05, 0) is 0 Å². The molecule has 0 spiro atoms. The third-order valence-corrected chi connectivity index (χ3v) is 15.6. The molecule has 8 aromatic rings. The van der Waals surface area contributed by atoms with Gasteiger partial charge in [0.2, 0.25) is 0 Å². The maximum absolute atomic E-state index is 3.70. The van der Waals surface area contributed by atoms with Crippen LogP contribution in [-0.2, 0) is 0 Å². The van der Waals surface area contributed by atoms with E-state index in [2.05, 4.69) is 179 Å². The minimum atomic E-state index is -1.91. The molecule has 0 radical (unpaired) electrons. The van der Waals surface area contributed by atoms with Crippen LogP contribution in [0.2, 0.25) is 0 Å². The van der Waals surface area contributed by atoms with Crippen LogP contribution in [0.25, 0.3) is 54.2 Å². The molecule has 8 rings (SSSR count). The molecule has 0 saturated carbocycles. The molecule has 0 amide bonds. The quantitative estimate of drug-likeness (QED) is 0.105. The summed E-state index contributed by atoms with van der Waals surface area (Å²) in [6.45, 7) is 0. The molecule has 198 valence electrons. The van der Waals surface area contributed by atoms with E-state index >= 15 is 0 Å². The van der Waals surface area contributed by atoms with Gasteiger partial charge < -0.3 is 0 Å². The van der Waals surface area contributed by atoms with Gasteiger partial charge in [0.1, 0.15) is 0 Å². The summed E-state index contributed by atoms with van der Waals surface area (Å²) in [5.41, 5.74) is 0.599. The SMILES string of the molecule is [Se]=P(c1ccccc1)(c1ccccc1)c1ccc(-c2cc3c4ccccc4c4ccccc4c3c3ccccc23)cc1. The van der Waals surface area contributed by atoms with E-state index < -0.39 is 5.51 Å². The number of rotatable bonds is 4. The van der Waals surface area contributed by atoms with E-state index in [0.717, 1.165) is 0 Å². The van der Waals surface area contributed by atoms with E-state index in [1.54, 1.807) is 0 Å². The molecule has 8 aromatic carbocycles. The van der Waals surface area contributed by atoms with Crippen molar-refractivity contribution >= 4 is 79.6 Å². The molecule has 0 aliphatic heterocycles. The Morgan fingerprint density at radius 1 is 0.333 bits per heavy atom. The van der Waals surface area contributed by atoms with Gasteiger partial charge in [-0.3, -0.25) is 0 Å². The van der Waals surface area contributed by atoms with Crippen LogP contribution < -0.4 is 15.9 Å². The summed E-state index contributed by atoms with van der Waals surface area (Å²) in [6, 6.07) is 60.2. The van der Waals surface area contributed by atoms with Crippen molar-refractivity contribution in [3.63, 3.8) is 0 Å². The summed E-state index contributed by atoms with van der Waals surface area (Å²) in [4.78, 5) is 0. The third kappa shape index (κ3) is 3.93. The van der Waals surface area contributed by atoms with Gasteiger partial charge in [-0.15, -0.1) is 0 Å². The van der Waals surface area contributed by atoms with Gasteiger partial charge >= 0.3 is 248 Å². The summed E-state index contributed by atoms with van der Waals surface area (Å²) < 4.78 is 0. The molecule has 0 heterocycles. The van der Waals surface area contributed by atoms with Crippen molar-refractivity contribution in [2.45, 2.75) is 0 Å².